The molecule has 0 saturated heterocycles. The molecule has 29 heavy (non-hydrogen) atoms. The fourth-order valence-electron chi connectivity index (χ4n) is 3.59. The average molecular weight is 521 g/mol. The Kier molecular flexibility index (Phi) is 5.78. The first kappa shape index (κ1) is 22.1. The largest absolute Gasteiger partial charge is 0.496 e. The molecule has 0 aliphatic carbocycles. The highest BCUT2D eigenvalue weighted by atomic mass is 79.9. The van der Waals surface area contributed by atoms with Crippen LogP contribution in [0.2, 0.25) is 0 Å². The monoisotopic (exact) mass is 519 g/mol. The van der Waals surface area contributed by atoms with E-state index in [9.17, 15) is 4.79 Å². The average Bonchev–Trinajstić information content (AvgIpc) is 2.89. The summed E-state index contributed by atoms with van der Waals surface area (Å²) < 4.78 is 7.63. The maximum atomic E-state index is 12.7. The molecule has 2 aromatic rings. The number of nitrogens with one attached hydrogen (secondary N) is 1. The summed E-state index contributed by atoms with van der Waals surface area (Å²) in [4.78, 5) is 12.7. The van der Waals surface area contributed by atoms with E-state index in [1.807, 2.05) is 18.2 Å². The van der Waals surface area contributed by atoms with Gasteiger partial charge < -0.3 is 10.1 Å². The first-order valence-corrected chi connectivity index (χ1v) is 11.2. The smallest absolute Gasteiger partial charge is 0.256 e. The second-order valence-electron chi connectivity index (χ2n) is 9.47. The molecule has 3 rings (SSSR count). The molecule has 1 N–H and O–H groups in total. The summed E-state index contributed by atoms with van der Waals surface area (Å²) in [5, 5.41) is 2.98. The fourth-order valence-corrected chi connectivity index (χ4v) is 4.92. The van der Waals surface area contributed by atoms with Gasteiger partial charge in [-0.2, -0.15) is 0 Å². The van der Waals surface area contributed by atoms with E-state index in [0.717, 1.165) is 42.6 Å². The summed E-state index contributed by atoms with van der Waals surface area (Å²) >= 11 is 7.07. The van der Waals surface area contributed by atoms with Crippen LogP contribution in [-0.2, 0) is 15.6 Å². The predicted molar refractivity (Wildman–Crippen MR) is 129 cm³/mol. The number of ether oxygens (including phenoxy) is 1. The molecule has 1 aliphatic rings. The Morgan fingerprint density at radius 2 is 1.48 bits per heavy atom. The van der Waals surface area contributed by atoms with Crippen LogP contribution in [0.5, 0.6) is 5.75 Å². The molecule has 0 saturated carbocycles. The minimum absolute atomic E-state index is 0.0933. The number of carbonyl (C=O) groups is 1. The molecular formula is C24H27Br2NO2. The second-order valence-corrected chi connectivity index (χ2v) is 11.2. The highest BCUT2D eigenvalue weighted by Crippen LogP contribution is 2.43. The first-order valence-electron chi connectivity index (χ1n) is 9.58. The predicted octanol–water partition coefficient (Wildman–Crippen LogP) is 7.31. The number of rotatable bonds is 2. The molecule has 3 nitrogen and oxygen atoms in total. The zero-order valence-electron chi connectivity index (χ0n) is 18.0. The standard InChI is InChI=1S/C24H27Br2NO2/c1-23(2,3)17-9-13(10-18(21(17)29-7)24(4,5)6)8-16-15-11-14(25)12-19(26)20(15)27-22(16)28/h8-12H,1-7H3,(H,27,28). The minimum Gasteiger partial charge on any atom is -0.496 e. The van der Waals surface area contributed by atoms with Crippen LogP contribution in [0.15, 0.2) is 33.2 Å². The number of hydrogen-bond donors (Lipinski definition) is 1. The summed E-state index contributed by atoms with van der Waals surface area (Å²) in [6.45, 7) is 13.1. The maximum absolute atomic E-state index is 12.7. The van der Waals surface area contributed by atoms with E-state index in [4.69, 9.17) is 4.74 Å². The SMILES string of the molecule is COc1c(C(C)(C)C)cc(C=C2C(=O)Nc3c(Br)cc(Br)cc32)cc1C(C)(C)C. The van der Waals surface area contributed by atoms with Crippen molar-refractivity contribution < 1.29 is 9.53 Å². The van der Waals surface area contributed by atoms with Gasteiger partial charge in [0.15, 0.2) is 0 Å². The van der Waals surface area contributed by atoms with Gasteiger partial charge in [0.1, 0.15) is 5.75 Å². The van der Waals surface area contributed by atoms with Crippen LogP contribution in [0.3, 0.4) is 0 Å². The maximum Gasteiger partial charge on any atom is 0.256 e. The number of benzene rings is 2. The lowest BCUT2D eigenvalue weighted by atomic mass is 9.78. The van der Waals surface area contributed by atoms with Gasteiger partial charge in [-0.15, -0.1) is 0 Å². The number of anilines is 1. The van der Waals surface area contributed by atoms with E-state index in [1.165, 1.54) is 0 Å². The van der Waals surface area contributed by atoms with Crippen LogP contribution in [0, 0.1) is 0 Å². The Morgan fingerprint density at radius 3 is 1.97 bits per heavy atom. The zero-order chi connectivity index (χ0) is 21.7. The number of fused-ring (bicyclic) bond motifs is 1. The molecule has 2 aromatic carbocycles. The molecule has 0 radical (unpaired) electrons. The molecule has 5 heteroatoms. The van der Waals surface area contributed by atoms with Gasteiger partial charge in [0.05, 0.1) is 12.8 Å². The summed E-state index contributed by atoms with van der Waals surface area (Å²) in [5.41, 5.74) is 5.43. The Labute approximate surface area is 190 Å². The van der Waals surface area contributed by atoms with Gasteiger partial charge in [0, 0.05) is 31.2 Å². The molecule has 0 bridgehead atoms. The number of methoxy groups -OCH3 is 1. The van der Waals surface area contributed by atoms with Crippen LogP contribution in [0.25, 0.3) is 11.6 Å². The molecule has 1 amide bonds. The number of amides is 1. The van der Waals surface area contributed by atoms with Gasteiger partial charge in [-0.3, -0.25) is 4.79 Å². The molecule has 0 aromatic heterocycles. The van der Waals surface area contributed by atoms with Gasteiger partial charge >= 0.3 is 0 Å². The van der Waals surface area contributed by atoms with Gasteiger partial charge in [-0.05, 0) is 62.7 Å². The van der Waals surface area contributed by atoms with Gasteiger partial charge in [0.25, 0.3) is 5.91 Å². The van der Waals surface area contributed by atoms with Crippen molar-refractivity contribution in [2.24, 2.45) is 0 Å². The van der Waals surface area contributed by atoms with Crippen LogP contribution in [0.1, 0.15) is 63.8 Å². The molecule has 0 atom stereocenters. The van der Waals surface area contributed by atoms with Crippen molar-refractivity contribution in [3.8, 4) is 5.75 Å². The zero-order valence-corrected chi connectivity index (χ0v) is 21.1. The molecule has 1 aliphatic heterocycles. The third-order valence-corrected chi connectivity index (χ3v) is 6.15. The topological polar surface area (TPSA) is 38.3 Å². The summed E-state index contributed by atoms with van der Waals surface area (Å²) in [6.07, 6.45) is 1.98. The third-order valence-electron chi connectivity index (χ3n) is 5.07. The van der Waals surface area contributed by atoms with Crippen molar-refractivity contribution in [3.63, 3.8) is 0 Å². The van der Waals surface area contributed by atoms with Crippen molar-refractivity contribution in [1.82, 2.24) is 0 Å². The van der Waals surface area contributed by atoms with Crippen LogP contribution < -0.4 is 10.1 Å². The van der Waals surface area contributed by atoms with E-state index >= 15 is 0 Å². The first-order chi connectivity index (χ1) is 13.3. The normalized spacial score (nSPS) is 15.5. The third kappa shape index (κ3) is 4.31. The highest BCUT2D eigenvalue weighted by Gasteiger charge is 2.29. The lowest BCUT2D eigenvalue weighted by molar-refractivity contribution is -0.110. The Morgan fingerprint density at radius 1 is 0.931 bits per heavy atom. The lowest BCUT2D eigenvalue weighted by Crippen LogP contribution is -2.19. The molecular weight excluding hydrogens is 494 g/mol. The molecule has 1 heterocycles. The van der Waals surface area contributed by atoms with Crippen molar-refractivity contribution in [1.29, 1.82) is 0 Å². The Hall–Kier alpha value is -1.59. The fraction of sp³-hybridized carbons (Fsp3) is 0.375. The highest BCUT2D eigenvalue weighted by molar-refractivity contribution is 9.11. The van der Waals surface area contributed by atoms with Crippen LogP contribution >= 0.6 is 31.9 Å². The van der Waals surface area contributed by atoms with E-state index < -0.39 is 0 Å². The van der Waals surface area contributed by atoms with E-state index in [0.29, 0.717) is 5.57 Å². The minimum atomic E-state index is -0.0955. The van der Waals surface area contributed by atoms with Gasteiger partial charge in [-0.25, -0.2) is 0 Å². The Balaban J connectivity index is 2.27. The van der Waals surface area contributed by atoms with Crippen LogP contribution in [0.4, 0.5) is 5.69 Å². The number of halogens is 2. The molecule has 0 unspecified atom stereocenters. The van der Waals surface area contributed by atoms with Gasteiger partial charge in [-0.1, -0.05) is 57.5 Å². The second kappa shape index (κ2) is 7.59. The molecule has 0 spiro atoms. The van der Waals surface area contributed by atoms with E-state index in [2.05, 4.69) is 90.9 Å². The van der Waals surface area contributed by atoms with Crippen molar-refractivity contribution in [2.45, 2.75) is 52.4 Å². The van der Waals surface area contributed by atoms with Crippen LogP contribution in [-0.4, -0.2) is 13.0 Å². The van der Waals surface area contributed by atoms with E-state index in [-0.39, 0.29) is 16.7 Å². The Bertz CT molecular complexity index is 989. The van der Waals surface area contributed by atoms with E-state index in [1.54, 1.807) is 7.11 Å². The molecule has 154 valence electrons. The summed E-state index contributed by atoms with van der Waals surface area (Å²) in [5.74, 6) is 0.832. The molecule has 0 fully saturated rings. The number of carbonyl (C=O) groups excluding carboxylic acids is 1. The lowest BCUT2D eigenvalue weighted by Gasteiger charge is -2.29. The summed E-state index contributed by atoms with van der Waals surface area (Å²) in [6, 6.07) is 8.19. The van der Waals surface area contributed by atoms with Crippen molar-refractivity contribution in [3.05, 3.63) is 55.5 Å². The van der Waals surface area contributed by atoms with Gasteiger partial charge in [0.2, 0.25) is 0 Å². The van der Waals surface area contributed by atoms with Crippen molar-refractivity contribution >= 4 is 55.1 Å². The summed E-state index contributed by atoms with van der Waals surface area (Å²) in [7, 11) is 1.73. The quantitative estimate of drug-likeness (QED) is 0.421. The number of hydrogen-bond acceptors (Lipinski definition) is 2. The van der Waals surface area contributed by atoms with Crippen molar-refractivity contribution in [2.75, 3.05) is 12.4 Å².